The maximum absolute atomic E-state index is 14.0. The predicted octanol–water partition coefficient (Wildman–Crippen LogP) is 4.11. The quantitative estimate of drug-likeness (QED) is 0.734. The zero-order chi connectivity index (χ0) is 14.8. The normalized spacial score (nSPS) is 10.8. The molecule has 0 aliphatic rings. The summed E-state index contributed by atoms with van der Waals surface area (Å²) in [6.07, 6.45) is 0. The Morgan fingerprint density at radius 1 is 1.10 bits per heavy atom. The van der Waals surface area contributed by atoms with Gasteiger partial charge in [-0.25, -0.2) is 9.37 Å². The van der Waals surface area contributed by atoms with Crippen molar-refractivity contribution in [3.8, 4) is 0 Å². The Bertz CT molecular complexity index is 786. The van der Waals surface area contributed by atoms with E-state index in [1.807, 2.05) is 48.2 Å². The highest BCUT2D eigenvalue weighted by Crippen LogP contribution is 2.28. The minimum Gasteiger partial charge on any atom is -0.399 e. The molecule has 1 heterocycles. The molecule has 21 heavy (non-hydrogen) atoms. The monoisotopic (exact) mass is 281 g/mol. The van der Waals surface area contributed by atoms with Crippen molar-refractivity contribution in [3.63, 3.8) is 0 Å². The Hall–Kier alpha value is -2.62. The Morgan fingerprint density at radius 2 is 1.90 bits per heavy atom. The van der Waals surface area contributed by atoms with Gasteiger partial charge in [0.1, 0.15) is 11.6 Å². The lowest BCUT2D eigenvalue weighted by molar-refractivity contribution is 0.625. The van der Waals surface area contributed by atoms with Crippen LogP contribution in [0.1, 0.15) is 6.92 Å². The molecule has 0 aliphatic carbocycles. The lowest BCUT2D eigenvalue weighted by Gasteiger charge is -2.22. The van der Waals surface area contributed by atoms with Gasteiger partial charge in [-0.1, -0.05) is 12.1 Å². The molecule has 3 aromatic rings. The van der Waals surface area contributed by atoms with Gasteiger partial charge >= 0.3 is 0 Å². The first kappa shape index (κ1) is 13.4. The zero-order valence-corrected chi connectivity index (χ0v) is 11.8. The third-order valence-electron chi connectivity index (χ3n) is 3.43. The van der Waals surface area contributed by atoms with Crippen molar-refractivity contribution in [3.05, 3.63) is 60.4 Å². The highest BCUT2D eigenvalue weighted by molar-refractivity contribution is 5.84. The molecule has 0 saturated carbocycles. The van der Waals surface area contributed by atoms with Gasteiger partial charge in [-0.2, -0.15) is 0 Å². The summed E-state index contributed by atoms with van der Waals surface area (Å²) in [5, 5.41) is 0.975. The van der Waals surface area contributed by atoms with E-state index in [2.05, 4.69) is 4.98 Å². The summed E-state index contributed by atoms with van der Waals surface area (Å²) in [6, 6.07) is 16.1. The van der Waals surface area contributed by atoms with E-state index in [0.717, 1.165) is 16.7 Å². The molecular formula is C17H16FN3. The standard InChI is InChI=1S/C17H16FN3/c1-2-21(16-6-4-3-5-14(16)18)17-10-7-12-11-13(19)8-9-15(12)20-17/h3-11H,2,19H2,1H3. The molecule has 0 fully saturated rings. The molecule has 106 valence electrons. The van der Waals surface area contributed by atoms with Gasteiger partial charge < -0.3 is 10.6 Å². The van der Waals surface area contributed by atoms with E-state index < -0.39 is 0 Å². The predicted molar refractivity (Wildman–Crippen MR) is 85.2 cm³/mol. The molecule has 2 N–H and O–H groups in total. The smallest absolute Gasteiger partial charge is 0.146 e. The summed E-state index contributed by atoms with van der Waals surface area (Å²) in [6.45, 7) is 2.61. The first-order valence-corrected chi connectivity index (χ1v) is 6.87. The fourth-order valence-corrected chi connectivity index (χ4v) is 2.41. The average Bonchev–Trinajstić information content (AvgIpc) is 2.50. The Labute approximate surface area is 122 Å². The number of fused-ring (bicyclic) bond motifs is 1. The first-order valence-electron chi connectivity index (χ1n) is 6.87. The van der Waals surface area contributed by atoms with Gasteiger partial charge in [0.05, 0.1) is 11.2 Å². The summed E-state index contributed by atoms with van der Waals surface area (Å²) in [7, 11) is 0. The van der Waals surface area contributed by atoms with Crippen LogP contribution in [0.2, 0.25) is 0 Å². The van der Waals surface area contributed by atoms with E-state index in [-0.39, 0.29) is 5.82 Å². The molecule has 4 heteroatoms. The minimum atomic E-state index is -0.251. The van der Waals surface area contributed by atoms with Gasteiger partial charge in [0.25, 0.3) is 0 Å². The molecule has 3 rings (SSSR count). The van der Waals surface area contributed by atoms with Gasteiger partial charge in [-0.15, -0.1) is 0 Å². The number of para-hydroxylation sites is 1. The fourth-order valence-electron chi connectivity index (χ4n) is 2.41. The Balaban J connectivity index is 2.09. The molecule has 0 atom stereocenters. The van der Waals surface area contributed by atoms with Crippen LogP contribution in [-0.2, 0) is 0 Å². The number of pyridine rings is 1. The highest BCUT2D eigenvalue weighted by atomic mass is 19.1. The van der Waals surface area contributed by atoms with E-state index in [9.17, 15) is 4.39 Å². The Kier molecular flexibility index (Phi) is 3.44. The van der Waals surface area contributed by atoms with Crippen LogP contribution >= 0.6 is 0 Å². The van der Waals surface area contributed by atoms with E-state index >= 15 is 0 Å². The number of hydrogen-bond donors (Lipinski definition) is 1. The lowest BCUT2D eigenvalue weighted by Crippen LogP contribution is -2.18. The summed E-state index contributed by atoms with van der Waals surface area (Å²) < 4.78 is 14.0. The number of aromatic nitrogens is 1. The molecule has 0 unspecified atom stereocenters. The molecule has 0 spiro atoms. The minimum absolute atomic E-state index is 0.251. The van der Waals surface area contributed by atoms with Crippen molar-refractivity contribution >= 4 is 28.1 Å². The van der Waals surface area contributed by atoms with Crippen LogP contribution in [0.5, 0.6) is 0 Å². The van der Waals surface area contributed by atoms with Crippen molar-refractivity contribution in [1.82, 2.24) is 4.98 Å². The number of benzene rings is 2. The molecule has 2 aromatic carbocycles. The van der Waals surface area contributed by atoms with Gasteiger partial charge in [-0.3, -0.25) is 0 Å². The topological polar surface area (TPSA) is 42.1 Å². The van der Waals surface area contributed by atoms with Crippen LogP contribution in [-0.4, -0.2) is 11.5 Å². The van der Waals surface area contributed by atoms with E-state index in [0.29, 0.717) is 17.9 Å². The number of anilines is 3. The second kappa shape index (κ2) is 5.40. The number of nitrogens with zero attached hydrogens (tertiary/aromatic N) is 2. The Morgan fingerprint density at radius 3 is 2.67 bits per heavy atom. The van der Waals surface area contributed by atoms with Crippen molar-refractivity contribution in [1.29, 1.82) is 0 Å². The molecule has 3 nitrogen and oxygen atoms in total. The second-order valence-electron chi connectivity index (χ2n) is 4.82. The number of nitrogen functional groups attached to an aromatic ring is 1. The van der Waals surface area contributed by atoms with Gasteiger partial charge in [0.15, 0.2) is 0 Å². The first-order chi connectivity index (χ1) is 10.2. The summed E-state index contributed by atoms with van der Waals surface area (Å²) in [5.74, 6) is 0.471. The molecule has 0 aliphatic heterocycles. The summed E-state index contributed by atoms with van der Waals surface area (Å²) >= 11 is 0. The van der Waals surface area contributed by atoms with Gasteiger partial charge in [0.2, 0.25) is 0 Å². The van der Waals surface area contributed by atoms with Crippen LogP contribution in [0, 0.1) is 5.82 Å². The largest absolute Gasteiger partial charge is 0.399 e. The van der Waals surface area contributed by atoms with Crippen LogP contribution in [0.4, 0.5) is 21.6 Å². The zero-order valence-electron chi connectivity index (χ0n) is 11.8. The summed E-state index contributed by atoms with van der Waals surface area (Å²) in [4.78, 5) is 6.46. The fraction of sp³-hybridized carbons (Fsp3) is 0.118. The molecule has 0 amide bonds. The van der Waals surface area contributed by atoms with Gasteiger partial charge in [-0.05, 0) is 49.4 Å². The number of rotatable bonds is 3. The van der Waals surface area contributed by atoms with Crippen LogP contribution in [0.15, 0.2) is 54.6 Å². The highest BCUT2D eigenvalue weighted by Gasteiger charge is 2.13. The number of hydrogen-bond acceptors (Lipinski definition) is 3. The van der Waals surface area contributed by atoms with E-state index in [4.69, 9.17) is 5.73 Å². The second-order valence-corrected chi connectivity index (χ2v) is 4.82. The van der Waals surface area contributed by atoms with E-state index in [1.54, 1.807) is 12.1 Å². The SMILES string of the molecule is CCN(c1ccc2cc(N)ccc2n1)c1ccccc1F. The molecule has 0 radical (unpaired) electrons. The molecule has 1 aromatic heterocycles. The number of nitrogens with two attached hydrogens (primary N) is 1. The van der Waals surface area contributed by atoms with Crippen molar-refractivity contribution in [2.24, 2.45) is 0 Å². The number of halogens is 1. The van der Waals surface area contributed by atoms with Crippen molar-refractivity contribution in [2.75, 3.05) is 17.2 Å². The van der Waals surface area contributed by atoms with Crippen molar-refractivity contribution in [2.45, 2.75) is 6.92 Å². The van der Waals surface area contributed by atoms with Crippen LogP contribution in [0.25, 0.3) is 10.9 Å². The maximum atomic E-state index is 14.0. The third kappa shape index (κ3) is 2.52. The maximum Gasteiger partial charge on any atom is 0.146 e. The summed E-state index contributed by atoms with van der Waals surface area (Å²) in [5.41, 5.74) is 7.85. The molecule has 0 saturated heterocycles. The molecule has 0 bridgehead atoms. The van der Waals surface area contributed by atoms with Crippen molar-refractivity contribution < 1.29 is 4.39 Å². The third-order valence-corrected chi connectivity index (χ3v) is 3.43. The lowest BCUT2D eigenvalue weighted by atomic mass is 10.2. The average molecular weight is 281 g/mol. The van der Waals surface area contributed by atoms with Gasteiger partial charge in [0, 0.05) is 17.6 Å². The van der Waals surface area contributed by atoms with Crippen LogP contribution < -0.4 is 10.6 Å². The molecular weight excluding hydrogens is 265 g/mol. The van der Waals surface area contributed by atoms with Crippen LogP contribution in [0.3, 0.4) is 0 Å². The van der Waals surface area contributed by atoms with E-state index in [1.165, 1.54) is 6.07 Å².